The first-order valence-corrected chi connectivity index (χ1v) is 9.19. The maximum atomic E-state index is 13.9. The van der Waals surface area contributed by atoms with Crippen molar-refractivity contribution in [3.05, 3.63) is 54.1 Å². The number of para-hydroxylation sites is 1. The van der Waals surface area contributed by atoms with Crippen molar-refractivity contribution < 1.29 is 32.6 Å². The number of carbonyl (C=O) groups is 2. The van der Waals surface area contributed by atoms with Gasteiger partial charge in [-0.1, -0.05) is 23.9 Å². The van der Waals surface area contributed by atoms with Crippen molar-refractivity contribution in [1.82, 2.24) is 4.90 Å². The zero-order chi connectivity index (χ0) is 21.4. The quantitative estimate of drug-likeness (QED) is 0.789. The highest BCUT2D eigenvalue weighted by Crippen LogP contribution is 2.50. The van der Waals surface area contributed by atoms with Crippen molar-refractivity contribution in [1.29, 1.82) is 0 Å². The molecule has 2 amide bonds. The van der Waals surface area contributed by atoms with Gasteiger partial charge in [0.15, 0.2) is 6.04 Å². The molecule has 6 nitrogen and oxygen atoms in total. The summed E-state index contributed by atoms with van der Waals surface area (Å²) in [7, 11) is 2.47. The van der Waals surface area contributed by atoms with Crippen LogP contribution in [0.25, 0.3) is 0 Å². The maximum Gasteiger partial charge on any atom is 0.429 e. The summed E-state index contributed by atoms with van der Waals surface area (Å²) in [6.45, 7) is 0. The number of likely N-dealkylation sites (N-methyl/N-ethyl adjacent to an activating group) is 1. The molecule has 0 aromatic heterocycles. The highest BCUT2D eigenvalue weighted by atomic mass is 32.2. The Morgan fingerprint density at radius 2 is 1.83 bits per heavy atom. The van der Waals surface area contributed by atoms with Crippen molar-refractivity contribution in [2.75, 3.05) is 19.5 Å². The Kier molecular flexibility index (Phi) is 5.50. The summed E-state index contributed by atoms with van der Waals surface area (Å²) in [4.78, 5) is 22.6. The van der Waals surface area contributed by atoms with E-state index in [2.05, 4.69) is 5.32 Å². The molecule has 2 unspecified atom stereocenters. The third-order valence-electron chi connectivity index (χ3n) is 4.48. The molecule has 2 N–H and O–H groups in total. The molecular weight excluding hydrogens is 409 g/mol. The fourth-order valence-corrected chi connectivity index (χ4v) is 4.17. The minimum absolute atomic E-state index is 0.0356. The van der Waals surface area contributed by atoms with Gasteiger partial charge in [0.25, 0.3) is 11.8 Å². The SMILES string of the molecule is COc1ccc(C(=O)N(C)C2C(=O)Nc3ccccc3SC2(O)C(F)(F)F)cc1. The third-order valence-corrected chi connectivity index (χ3v) is 5.82. The van der Waals surface area contributed by atoms with Crippen LogP contribution in [0, 0.1) is 0 Å². The minimum atomic E-state index is -5.20. The fourth-order valence-electron chi connectivity index (χ4n) is 2.97. The molecule has 1 heterocycles. The number of benzene rings is 2. The van der Waals surface area contributed by atoms with Gasteiger partial charge in [-0.15, -0.1) is 0 Å². The highest BCUT2D eigenvalue weighted by Gasteiger charge is 2.65. The van der Waals surface area contributed by atoms with Gasteiger partial charge in [0, 0.05) is 17.5 Å². The highest BCUT2D eigenvalue weighted by molar-refractivity contribution is 8.00. The van der Waals surface area contributed by atoms with Crippen LogP contribution in [0.5, 0.6) is 5.75 Å². The Bertz CT molecular complexity index is 936. The largest absolute Gasteiger partial charge is 0.497 e. The predicted molar refractivity (Wildman–Crippen MR) is 101 cm³/mol. The number of aliphatic hydroxyl groups is 1. The average Bonchev–Trinajstić information content (AvgIpc) is 2.79. The monoisotopic (exact) mass is 426 g/mol. The predicted octanol–water partition coefficient (Wildman–Crippen LogP) is 3.13. The first-order valence-electron chi connectivity index (χ1n) is 8.37. The van der Waals surface area contributed by atoms with Gasteiger partial charge in [-0.05, 0) is 36.4 Å². The molecule has 2 aromatic rings. The van der Waals surface area contributed by atoms with Gasteiger partial charge < -0.3 is 20.1 Å². The van der Waals surface area contributed by atoms with Crippen LogP contribution in [0.4, 0.5) is 18.9 Å². The zero-order valence-electron chi connectivity index (χ0n) is 15.4. The number of fused-ring (bicyclic) bond motifs is 1. The number of halogens is 3. The Hall–Kier alpha value is -2.72. The molecule has 3 rings (SSSR count). The average molecular weight is 426 g/mol. The van der Waals surface area contributed by atoms with E-state index in [1.165, 1.54) is 49.6 Å². The van der Waals surface area contributed by atoms with Gasteiger partial charge >= 0.3 is 6.18 Å². The Morgan fingerprint density at radius 3 is 2.41 bits per heavy atom. The fraction of sp³-hybridized carbons (Fsp3) is 0.263. The van der Waals surface area contributed by atoms with Gasteiger partial charge in [-0.2, -0.15) is 13.2 Å². The molecule has 0 saturated heterocycles. The van der Waals surface area contributed by atoms with Gasteiger partial charge in [0.1, 0.15) is 5.75 Å². The van der Waals surface area contributed by atoms with Crippen molar-refractivity contribution in [3.8, 4) is 5.75 Å². The van der Waals surface area contributed by atoms with E-state index in [4.69, 9.17) is 4.74 Å². The number of thioether (sulfide) groups is 1. The first-order chi connectivity index (χ1) is 13.6. The molecule has 0 fully saturated rings. The summed E-state index contributed by atoms with van der Waals surface area (Å²) >= 11 is 0.0793. The molecular formula is C19H17F3N2O4S. The number of hydrogen-bond acceptors (Lipinski definition) is 5. The lowest BCUT2D eigenvalue weighted by Gasteiger charge is -2.38. The Balaban J connectivity index is 2.04. The number of hydrogen-bond donors (Lipinski definition) is 2. The molecule has 0 spiro atoms. The van der Waals surface area contributed by atoms with E-state index in [9.17, 15) is 27.9 Å². The van der Waals surface area contributed by atoms with Crippen LogP contribution in [-0.2, 0) is 4.79 Å². The molecule has 29 heavy (non-hydrogen) atoms. The molecule has 0 saturated carbocycles. The maximum absolute atomic E-state index is 13.9. The lowest BCUT2D eigenvalue weighted by atomic mass is 10.1. The summed E-state index contributed by atoms with van der Waals surface area (Å²) in [5.41, 5.74) is 0.162. The molecule has 0 bridgehead atoms. The van der Waals surface area contributed by atoms with E-state index in [0.29, 0.717) is 10.6 Å². The van der Waals surface area contributed by atoms with E-state index in [1.807, 2.05) is 0 Å². The molecule has 0 radical (unpaired) electrons. The number of nitrogens with zero attached hydrogens (tertiary/aromatic N) is 1. The number of methoxy groups -OCH3 is 1. The molecule has 2 atom stereocenters. The molecule has 1 aliphatic heterocycles. The third kappa shape index (κ3) is 3.77. The summed E-state index contributed by atoms with van der Waals surface area (Å²) in [6.07, 6.45) is -5.20. The van der Waals surface area contributed by atoms with Gasteiger partial charge in [0.2, 0.25) is 4.93 Å². The van der Waals surface area contributed by atoms with Crippen molar-refractivity contribution >= 4 is 29.3 Å². The second kappa shape index (κ2) is 7.60. The smallest absolute Gasteiger partial charge is 0.429 e. The Labute approximate surface area is 168 Å². The second-order valence-corrected chi connectivity index (χ2v) is 7.60. The van der Waals surface area contributed by atoms with E-state index in [1.54, 1.807) is 6.07 Å². The van der Waals surface area contributed by atoms with E-state index in [-0.39, 0.29) is 27.9 Å². The van der Waals surface area contributed by atoms with Crippen molar-refractivity contribution in [2.24, 2.45) is 0 Å². The number of anilines is 1. The van der Waals surface area contributed by atoms with Crippen molar-refractivity contribution in [2.45, 2.75) is 22.0 Å². The zero-order valence-corrected chi connectivity index (χ0v) is 16.2. The topological polar surface area (TPSA) is 78.9 Å². The number of rotatable bonds is 3. The van der Waals surface area contributed by atoms with E-state index >= 15 is 0 Å². The minimum Gasteiger partial charge on any atom is -0.497 e. The number of carbonyl (C=O) groups excluding carboxylic acids is 2. The molecule has 2 aromatic carbocycles. The first kappa shape index (κ1) is 21.0. The number of nitrogens with one attached hydrogen (secondary N) is 1. The number of ether oxygens (including phenoxy) is 1. The molecule has 1 aliphatic rings. The van der Waals surface area contributed by atoms with Crippen LogP contribution in [0.15, 0.2) is 53.4 Å². The molecule has 0 aliphatic carbocycles. The number of amides is 2. The normalized spacial score (nSPS) is 21.6. The molecule has 154 valence electrons. The van der Waals surface area contributed by atoms with Crippen LogP contribution in [0.2, 0.25) is 0 Å². The summed E-state index contributed by atoms with van der Waals surface area (Å²) in [5, 5.41) is 13.0. The summed E-state index contributed by atoms with van der Waals surface area (Å²) in [6, 6.07) is 9.23. The summed E-state index contributed by atoms with van der Waals surface area (Å²) in [5.74, 6) is -1.55. The van der Waals surface area contributed by atoms with Gasteiger partial charge in [0.05, 0.1) is 12.8 Å². The Morgan fingerprint density at radius 1 is 1.21 bits per heavy atom. The van der Waals surface area contributed by atoms with Gasteiger partial charge in [-0.3, -0.25) is 9.59 Å². The van der Waals surface area contributed by atoms with Crippen LogP contribution in [0.3, 0.4) is 0 Å². The lowest BCUT2D eigenvalue weighted by Crippen LogP contribution is -2.63. The van der Waals surface area contributed by atoms with Crippen LogP contribution < -0.4 is 10.1 Å². The van der Waals surface area contributed by atoms with E-state index in [0.717, 1.165) is 7.05 Å². The van der Waals surface area contributed by atoms with Crippen LogP contribution in [0.1, 0.15) is 10.4 Å². The lowest BCUT2D eigenvalue weighted by molar-refractivity contribution is -0.233. The number of alkyl halides is 3. The van der Waals surface area contributed by atoms with Gasteiger partial charge in [-0.25, -0.2) is 0 Å². The van der Waals surface area contributed by atoms with Crippen LogP contribution >= 0.6 is 11.8 Å². The second-order valence-electron chi connectivity index (χ2n) is 6.33. The van der Waals surface area contributed by atoms with E-state index < -0.39 is 29.0 Å². The van der Waals surface area contributed by atoms with Crippen molar-refractivity contribution in [3.63, 3.8) is 0 Å². The van der Waals surface area contributed by atoms with Crippen LogP contribution in [-0.4, -0.2) is 53.1 Å². The standard InChI is InChI=1S/C19H17F3N2O4S/c1-24(17(26)11-7-9-12(28-2)10-8-11)15-16(25)23-13-5-3-4-6-14(13)29-18(15,27)19(20,21)22/h3-10,15,27H,1-2H3,(H,23,25). The summed E-state index contributed by atoms with van der Waals surface area (Å²) < 4.78 is 46.8. The molecule has 10 heteroatoms.